The Bertz CT molecular complexity index is 157. The SMILES string of the molecule is Cl.NCC(=O)N1CC(F)(F)C1. The van der Waals surface area contributed by atoms with Crippen LogP contribution in [0.1, 0.15) is 0 Å². The highest BCUT2D eigenvalue weighted by Crippen LogP contribution is 2.25. The molecule has 1 rings (SSSR count). The summed E-state index contributed by atoms with van der Waals surface area (Å²) in [4.78, 5) is 11.6. The third-order valence-corrected chi connectivity index (χ3v) is 1.37. The molecule has 0 aliphatic carbocycles. The van der Waals surface area contributed by atoms with Gasteiger partial charge in [0, 0.05) is 0 Å². The lowest BCUT2D eigenvalue weighted by Crippen LogP contribution is -2.59. The van der Waals surface area contributed by atoms with E-state index in [0.717, 1.165) is 4.90 Å². The molecule has 1 amide bonds. The quantitative estimate of drug-likeness (QED) is 0.619. The molecule has 1 aliphatic heterocycles. The van der Waals surface area contributed by atoms with Crippen molar-refractivity contribution in [1.29, 1.82) is 0 Å². The van der Waals surface area contributed by atoms with E-state index in [4.69, 9.17) is 5.73 Å². The van der Waals surface area contributed by atoms with Crippen molar-refractivity contribution in [2.24, 2.45) is 5.73 Å². The molecule has 66 valence electrons. The van der Waals surface area contributed by atoms with Gasteiger partial charge in [0.15, 0.2) is 0 Å². The highest BCUT2D eigenvalue weighted by atomic mass is 35.5. The minimum Gasteiger partial charge on any atom is -0.329 e. The maximum absolute atomic E-state index is 12.1. The van der Waals surface area contributed by atoms with E-state index in [2.05, 4.69) is 0 Å². The molecule has 3 nitrogen and oxygen atoms in total. The van der Waals surface area contributed by atoms with Gasteiger partial charge in [-0.05, 0) is 0 Å². The molecule has 0 aromatic rings. The van der Waals surface area contributed by atoms with E-state index in [0.29, 0.717) is 0 Å². The molecular weight excluding hydrogens is 178 g/mol. The number of carbonyl (C=O) groups excluding carboxylic acids is 1. The zero-order valence-electron chi connectivity index (χ0n) is 5.72. The highest BCUT2D eigenvalue weighted by Gasteiger charge is 2.45. The standard InChI is InChI=1S/C5H8F2N2O.ClH/c6-5(7)2-9(3-5)4(10)1-8;/h1-3,8H2;1H. The molecule has 1 saturated heterocycles. The molecule has 0 aromatic carbocycles. The average Bonchev–Trinajstić information content (AvgIpc) is 1.81. The fourth-order valence-electron chi connectivity index (χ4n) is 0.818. The molecule has 2 N–H and O–H groups in total. The molecule has 0 saturated carbocycles. The molecule has 1 heterocycles. The van der Waals surface area contributed by atoms with Crippen LogP contribution in [-0.4, -0.2) is 36.4 Å². The fourth-order valence-corrected chi connectivity index (χ4v) is 0.818. The number of halogens is 3. The number of rotatable bonds is 1. The van der Waals surface area contributed by atoms with Crippen molar-refractivity contribution >= 4 is 18.3 Å². The molecule has 1 aliphatic rings. The van der Waals surface area contributed by atoms with Crippen LogP contribution in [0.2, 0.25) is 0 Å². The molecule has 0 radical (unpaired) electrons. The molecule has 0 spiro atoms. The lowest BCUT2D eigenvalue weighted by Gasteiger charge is -2.38. The molecule has 0 atom stereocenters. The maximum atomic E-state index is 12.1. The zero-order valence-corrected chi connectivity index (χ0v) is 6.53. The Morgan fingerprint density at radius 2 is 2.00 bits per heavy atom. The first-order valence-corrected chi connectivity index (χ1v) is 2.91. The van der Waals surface area contributed by atoms with E-state index in [9.17, 15) is 13.6 Å². The molecular formula is C5H9ClF2N2O. The predicted molar refractivity (Wildman–Crippen MR) is 37.8 cm³/mol. The number of nitrogens with two attached hydrogens (primary N) is 1. The van der Waals surface area contributed by atoms with Gasteiger partial charge in [-0.2, -0.15) is 0 Å². The zero-order chi connectivity index (χ0) is 7.78. The van der Waals surface area contributed by atoms with Gasteiger partial charge in [-0.1, -0.05) is 0 Å². The van der Waals surface area contributed by atoms with Crippen LogP contribution in [0.25, 0.3) is 0 Å². The molecule has 0 unspecified atom stereocenters. The van der Waals surface area contributed by atoms with E-state index < -0.39 is 24.9 Å². The first-order valence-electron chi connectivity index (χ1n) is 2.91. The second-order valence-electron chi connectivity index (χ2n) is 2.31. The smallest absolute Gasteiger partial charge is 0.282 e. The summed E-state index contributed by atoms with van der Waals surface area (Å²) in [5, 5.41) is 0. The first kappa shape index (κ1) is 10.6. The summed E-state index contributed by atoms with van der Waals surface area (Å²) < 4.78 is 24.1. The second kappa shape index (κ2) is 3.32. The number of hydrogen-bond acceptors (Lipinski definition) is 2. The Morgan fingerprint density at radius 1 is 1.55 bits per heavy atom. The van der Waals surface area contributed by atoms with Crippen molar-refractivity contribution < 1.29 is 13.6 Å². The van der Waals surface area contributed by atoms with Crippen molar-refractivity contribution in [3.05, 3.63) is 0 Å². The Morgan fingerprint density at radius 3 is 2.27 bits per heavy atom. The van der Waals surface area contributed by atoms with Gasteiger partial charge in [0.05, 0.1) is 19.6 Å². The van der Waals surface area contributed by atoms with Crippen LogP contribution in [-0.2, 0) is 4.79 Å². The van der Waals surface area contributed by atoms with Crippen LogP contribution in [0, 0.1) is 0 Å². The third kappa shape index (κ3) is 2.27. The highest BCUT2D eigenvalue weighted by molar-refractivity contribution is 5.85. The Kier molecular flexibility index (Phi) is 3.19. The monoisotopic (exact) mass is 186 g/mol. The van der Waals surface area contributed by atoms with Crippen molar-refractivity contribution in [3.63, 3.8) is 0 Å². The van der Waals surface area contributed by atoms with Gasteiger partial charge in [-0.15, -0.1) is 12.4 Å². The largest absolute Gasteiger partial charge is 0.329 e. The fraction of sp³-hybridized carbons (Fsp3) is 0.800. The average molecular weight is 187 g/mol. The van der Waals surface area contributed by atoms with E-state index in [1.54, 1.807) is 0 Å². The maximum Gasteiger partial charge on any atom is 0.282 e. The Hall–Kier alpha value is -0.420. The summed E-state index contributed by atoms with van der Waals surface area (Å²) in [5.41, 5.74) is 4.93. The van der Waals surface area contributed by atoms with E-state index in [-0.39, 0.29) is 19.0 Å². The summed E-state index contributed by atoms with van der Waals surface area (Å²) in [5.74, 6) is -3.09. The normalized spacial score (nSPS) is 20.1. The predicted octanol–water partition coefficient (Wildman–Crippen LogP) is -0.156. The van der Waals surface area contributed by atoms with Gasteiger partial charge >= 0.3 is 0 Å². The number of nitrogens with zero attached hydrogens (tertiary/aromatic N) is 1. The summed E-state index contributed by atoms with van der Waals surface area (Å²) in [6.07, 6.45) is 0. The van der Waals surface area contributed by atoms with Gasteiger partial charge in [0.2, 0.25) is 5.91 Å². The third-order valence-electron chi connectivity index (χ3n) is 1.37. The summed E-state index contributed by atoms with van der Waals surface area (Å²) in [7, 11) is 0. The second-order valence-corrected chi connectivity index (χ2v) is 2.31. The number of amides is 1. The molecule has 11 heavy (non-hydrogen) atoms. The van der Waals surface area contributed by atoms with Crippen molar-refractivity contribution in [3.8, 4) is 0 Å². The molecule has 0 aromatic heterocycles. The number of carbonyl (C=O) groups is 1. The lowest BCUT2D eigenvalue weighted by atomic mass is 10.1. The van der Waals surface area contributed by atoms with Crippen LogP contribution >= 0.6 is 12.4 Å². The van der Waals surface area contributed by atoms with Crippen molar-refractivity contribution in [1.82, 2.24) is 4.90 Å². The summed E-state index contributed by atoms with van der Waals surface area (Å²) in [6.45, 7) is -1.12. The van der Waals surface area contributed by atoms with Gasteiger partial charge in [-0.25, -0.2) is 8.78 Å². The number of hydrogen-bond donors (Lipinski definition) is 1. The Labute approximate surface area is 68.9 Å². The minimum absolute atomic E-state index is 0. The first-order chi connectivity index (χ1) is 4.55. The van der Waals surface area contributed by atoms with Crippen LogP contribution in [0.3, 0.4) is 0 Å². The van der Waals surface area contributed by atoms with E-state index >= 15 is 0 Å². The molecule has 0 bridgehead atoms. The lowest BCUT2D eigenvalue weighted by molar-refractivity contribution is -0.164. The molecule has 1 fully saturated rings. The van der Waals surface area contributed by atoms with E-state index in [1.165, 1.54) is 0 Å². The van der Waals surface area contributed by atoms with Crippen molar-refractivity contribution in [2.75, 3.05) is 19.6 Å². The summed E-state index contributed by atoms with van der Waals surface area (Å²) in [6, 6.07) is 0. The van der Waals surface area contributed by atoms with Crippen LogP contribution < -0.4 is 5.73 Å². The van der Waals surface area contributed by atoms with Crippen LogP contribution in [0.5, 0.6) is 0 Å². The number of likely N-dealkylation sites (tertiary alicyclic amines) is 1. The topological polar surface area (TPSA) is 46.3 Å². The molecule has 6 heteroatoms. The van der Waals surface area contributed by atoms with Crippen LogP contribution in [0.4, 0.5) is 8.78 Å². The van der Waals surface area contributed by atoms with Gasteiger partial charge in [-0.3, -0.25) is 4.79 Å². The number of alkyl halides is 2. The minimum atomic E-state index is -2.68. The summed E-state index contributed by atoms with van der Waals surface area (Å²) >= 11 is 0. The van der Waals surface area contributed by atoms with Crippen LogP contribution in [0.15, 0.2) is 0 Å². The van der Waals surface area contributed by atoms with Gasteiger partial charge in [0.25, 0.3) is 5.92 Å². The van der Waals surface area contributed by atoms with E-state index in [1.807, 2.05) is 0 Å². The Balaban J connectivity index is 0.000001000. The van der Waals surface area contributed by atoms with Crippen molar-refractivity contribution in [2.45, 2.75) is 5.92 Å². The van der Waals surface area contributed by atoms with Gasteiger partial charge in [0.1, 0.15) is 0 Å². The van der Waals surface area contributed by atoms with Gasteiger partial charge < -0.3 is 10.6 Å².